The molecule has 1 heteroatoms. The molecular weight excluding hydrogens is 124 g/mol. The molecule has 0 saturated carbocycles. The van der Waals surface area contributed by atoms with E-state index in [1.807, 2.05) is 0 Å². The Hall–Kier alpha value is -0.0400. The van der Waals surface area contributed by atoms with Crippen LogP contribution in [0, 0.1) is 0 Å². The molecule has 0 saturated heterocycles. The molecule has 0 aliphatic rings. The third-order valence-electron chi connectivity index (χ3n) is 0.991. The van der Waals surface area contributed by atoms with Gasteiger partial charge in [0, 0.05) is 13.2 Å². The molecule has 0 bridgehead atoms. The topological polar surface area (TPSA) is 9.23 Å². The summed E-state index contributed by atoms with van der Waals surface area (Å²) in [7, 11) is 0. The molecule has 0 aliphatic carbocycles. The van der Waals surface area contributed by atoms with Gasteiger partial charge in [-0.3, -0.25) is 0 Å². The molecule has 0 rings (SSSR count). The summed E-state index contributed by atoms with van der Waals surface area (Å²) in [6.45, 7) is 6.19. The summed E-state index contributed by atoms with van der Waals surface area (Å²) in [5.74, 6) is 0. The second-order valence-corrected chi connectivity index (χ2v) is 1.97. The highest BCUT2D eigenvalue weighted by atomic mass is 16.5. The molecule has 0 unspecified atom stereocenters. The maximum atomic E-state index is 5.22. The number of hydrogen-bond acceptors (Lipinski definition) is 1. The molecule has 10 heavy (non-hydrogen) atoms. The Morgan fingerprint density at radius 3 is 1.90 bits per heavy atom. The second-order valence-electron chi connectivity index (χ2n) is 1.97. The van der Waals surface area contributed by atoms with Gasteiger partial charge in [-0.1, -0.05) is 35.1 Å². The van der Waals surface area contributed by atoms with Gasteiger partial charge in [0.05, 0.1) is 0 Å². The minimum absolute atomic E-state index is 0. The lowest BCUT2D eigenvalue weighted by molar-refractivity contribution is 0.132. The summed E-state index contributed by atoms with van der Waals surface area (Å²) in [5, 5.41) is 0. The summed E-state index contributed by atoms with van der Waals surface area (Å²) in [6.07, 6.45) is 3.59. The Balaban J connectivity index is -0.000000245. The Morgan fingerprint density at radius 1 is 0.900 bits per heavy atom. The van der Waals surface area contributed by atoms with Crippen molar-refractivity contribution in [2.24, 2.45) is 0 Å². The Kier molecular flexibility index (Phi) is 26.4. The fourth-order valence-corrected chi connectivity index (χ4v) is 0.493. The van der Waals surface area contributed by atoms with Gasteiger partial charge in [0.25, 0.3) is 0 Å². The first-order chi connectivity index (χ1) is 3.91. The van der Waals surface area contributed by atoms with E-state index in [0.717, 1.165) is 19.6 Å². The molecule has 0 radical (unpaired) electrons. The van der Waals surface area contributed by atoms with Crippen LogP contribution in [0.5, 0.6) is 0 Å². The summed E-state index contributed by atoms with van der Waals surface area (Å²) in [4.78, 5) is 0. The van der Waals surface area contributed by atoms with Gasteiger partial charge >= 0.3 is 0 Å². The number of ether oxygens (including phenoxy) is 1. The van der Waals surface area contributed by atoms with E-state index in [9.17, 15) is 0 Å². The molecule has 0 amide bonds. The summed E-state index contributed by atoms with van der Waals surface area (Å²) in [6, 6.07) is 0. The van der Waals surface area contributed by atoms with Gasteiger partial charge in [-0.2, -0.15) is 0 Å². The molecule has 0 atom stereocenters. The zero-order valence-electron chi connectivity index (χ0n) is 5.94. The predicted octanol–water partition coefficient (Wildman–Crippen LogP) is 3.49. The molecule has 0 aromatic carbocycles. The fraction of sp³-hybridized carbons (Fsp3) is 1.00. The van der Waals surface area contributed by atoms with Gasteiger partial charge in [-0.15, -0.1) is 0 Å². The fourth-order valence-electron chi connectivity index (χ4n) is 0.493. The molecule has 0 N–H and O–H groups in total. The quantitative estimate of drug-likeness (QED) is 0.542. The van der Waals surface area contributed by atoms with Crippen molar-refractivity contribution in [3.63, 3.8) is 0 Å². The highest BCUT2D eigenvalue weighted by Crippen LogP contribution is 1.87. The van der Waals surface area contributed by atoms with Gasteiger partial charge in [0.1, 0.15) is 0 Å². The Labute approximate surface area is 66.8 Å². The molecule has 0 aromatic rings. The molecular formula is C9H24O. The van der Waals surface area contributed by atoms with Crippen molar-refractivity contribution >= 4 is 0 Å². The van der Waals surface area contributed by atoms with Crippen molar-refractivity contribution in [2.45, 2.75) is 48.0 Å². The van der Waals surface area contributed by atoms with E-state index in [4.69, 9.17) is 4.74 Å². The van der Waals surface area contributed by atoms with Crippen molar-refractivity contribution in [3.8, 4) is 0 Å². The van der Waals surface area contributed by atoms with Crippen LogP contribution < -0.4 is 0 Å². The van der Waals surface area contributed by atoms with Crippen LogP contribution >= 0.6 is 0 Å². The van der Waals surface area contributed by atoms with E-state index in [2.05, 4.69) is 13.8 Å². The maximum Gasteiger partial charge on any atom is 0.0465 e. The highest BCUT2D eigenvalue weighted by molar-refractivity contribution is 4.30. The first-order valence-electron chi connectivity index (χ1n) is 3.49. The minimum atomic E-state index is 0. The minimum Gasteiger partial charge on any atom is -0.381 e. The zero-order chi connectivity index (χ0) is 6.24. The van der Waals surface area contributed by atoms with Crippen LogP contribution in [0.15, 0.2) is 0 Å². The van der Waals surface area contributed by atoms with Crippen LogP contribution in [-0.2, 0) is 4.74 Å². The van der Waals surface area contributed by atoms with Gasteiger partial charge < -0.3 is 4.74 Å². The standard InChI is InChI=1S/C7H16O.2CH4/c1-3-5-7-8-6-4-2;;/h3-7H2,1-2H3;2*1H4. The normalized spacial score (nSPS) is 7.80. The van der Waals surface area contributed by atoms with Gasteiger partial charge in [-0.25, -0.2) is 0 Å². The van der Waals surface area contributed by atoms with Crippen LogP contribution in [0.3, 0.4) is 0 Å². The lowest BCUT2D eigenvalue weighted by Gasteiger charge is -1.97. The number of hydrogen-bond donors (Lipinski definition) is 0. The van der Waals surface area contributed by atoms with Crippen LogP contribution in [-0.4, -0.2) is 13.2 Å². The van der Waals surface area contributed by atoms with E-state index >= 15 is 0 Å². The summed E-state index contributed by atoms with van der Waals surface area (Å²) >= 11 is 0. The maximum absolute atomic E-state index is 5.22. The molecule has 0 aliphatic heterocycles. The summed E-state index contributed by atoms with van der Waals surface area (Å²) in [5.41, 5.74) is 0. The lowest BCUT2D eigenvalue weighted by Crippen LogP contribution is -1.93. The van der Waals surface area contributed by atoms with E-state index in [1.54, 1.807) is 0 Å². The molecule has 0 heterocycles. The van der Waals surface area contributed by atoms with Crippen molar-refractivity contribution in [1.82, 2.24) is 0 Å². The van der Waals surface area contributed by atoms with E-state index in [1.165, 1.54) is 12.8 Å². The van der Waals surface area contributed by atoms with E-state index in [0.29, 0.717) is 0 Å². The largest absolute Gasteiger partial charge is 0.381 e. The van der Waals surface area contributed by atoms with Crippen molar-refractivity contribution in [3.05, 3.63) is 0 Å². The Bertz CT molecular complexity index is 29.7. The molecule has 0 fully saturated rings. The van der Waals surface area contributed by atoms with E-state index < -0.39 is 0 Å². The monoisotopic (exact) mass is 148 g/mol. The van der Waals surface area contributed by atoms with Crippen molar-refractivity contribution < 1.29 is 4.74 Å². The first kappa shape index (κ1) is 16.5. The van der Waals surface area contributed by atoms with Crippen molar-refractivity contribution in [1.29, 1.82) is 0 Å². The lowest BCUT2D eigenvalue weighted by atomic mass is 10.4. The van der Waals surface area contributed by atoms with Crippen LogP contribution in [0.4, 0.5) is 0 Å². The average Bonchev–Trinajstić information content (AvgIpc) is 1.81. The third kappa shape index (κ3) is 15.7. The molecule has 0 spiro atoms. The van der Waals surface area contributed by atoms with Crippen molar-refractivity contribution in [2.75, 3.05) is 13.2 Å². The SMILES string of the molecule is C.C.CCCCOCCC. The zero-order valence-corrected chi connectivity index (χ0v) is 5.94. The smallest absolute Gasteiger partial charge is 0.0465 e. The molecule has 0 aromatic heterocycles. The second kappa shape index (κ2) is 16.0. The van der Waals surface area contributed by atoms with Gasteiger partial charge in [0.15, 0.2) is 0 Å². The highest BCUT2D eigenvalue weighted by Gasteiger charge is 1.81. The number of unbranched alkanes of at least 4 members (excludes halogenated alkanes) is 1. The molecule has 1 nitrogen and oxygen atoms in total. The van der Waals surface area contributed by atoms with E-state index in [-0.39, 0.29) is 14.9 Å². The average molecular weight is 148 g/mol. The van der Waals surface area contributed by atoms with Gasteiger partial charge in [-0.05, 0) is 12.8 Å². The van der Waals surface area contributed by atoms with Crippen LogP contribution in [0.25, 0.3) is 0 Å². The molecule has 66 valence electrons. The van der Waals surface area contributed by atoms with Crippen LogP contribution in [0.1, 0.15) is 48.0 Å². The number of rotatable bonds is 5. The van der Waals surface area contributed by atoms with Gasteiger partial charge in [0.2, 0.25) is 0 Å². The third-order valence-corrected chi connectivity index (χ3v) is 0.991. The predicted molar refractivity (Wildman–Crippen MR) is 49.5 cm³/mol. The summed E-state index contributed by atoms with van der Waals surface area (Å²) < 4.78 is 5.22. The van der Waals surface area contributed by atoms with Crippen LogP contribution in [0.2, 0.25) is 0 Å². The first-order valence-corrected chi connectivity index (χ1v) is 3.49. The Morgan fingerprint density at radius 2 is 1.50 bits per heavy atom.